The van der Waals surface area contributed by atoms with Gasteiger partial charge in [0.15, 0.2) is 17.9 Å². The lowest BCUT2D eigenvalue weighted by atomic mass is 9.65. The molecule has 0 unspecified atom stereocenters. The van der Waals surface area contributed by atoms with Gasteiger partial charge in [-0.3, -0.25) is 14.4 Å². The van der Waals surface area contributed by atoms with Gasteiger partial charge >= 0.3 is 5.97 Å². The summed E-state index contributed by atoms with van der Waals surface area (Å²) in [6.07, 6.45) is 3.98. The van der Waals surface area contributed by atoms with Crippen LogP contribution in [-0.2, 0) is 40.0 Å². The van der Waals surface area contributed by atoms with Gasteiger partial charge in [-0.05, 0) is 109 Å². The van der Waals surface area contributed by atoms with Crippen molar-refractivity contribution in [1.82, 2.24) is 19.7 Å². The molecule has 3 aliphatic rings. The third kappa shape index (κ3) is 10.8. The van der Waals surface area contributed by atoms with Crippen LogP contribution in [0.3, 0.4) is 0 Å². The second-order valence-corrected chi connectivity index (χ2v) is 18.3. The largest absolute Gasteiger partial charge is 0.459 e. The molecule has 60 heavy (non-hydrogen) atoms. The number of pyridine rings is 1. The number of hydrogen-bond donors (Lipinski definition) is 2. The Labute approximate surface area is 355 Å². The van der Waals surface area contributed by atoms with Gasteiger partial charge in [-0.2, -0.15) is 5.10 Å². The highest BCUT2D eigenvalue weighted by Crippen LogP contribution is 2.46. The first kappa shape index (κ1) is 47.2. The zero-order chi connectivity index (χ0) is 44.1. The lowest BCUT2D eigenvalue weighted by Gasteiger charge is -2.48. The van der Waals surface area contributed by atoms with Crippen LogP contribution < -0.4 is 0 Å². The van der Waals surface area contributed by atoms with Gasteiger partial charge in [0.25, 0.3) is 0 Å². The fraction of sp³-hybridized carbons (Fsp3) is 0.711. The zero-order valence-corrected chi connectivity index (χ0v) is 37.4. The molecule has 15 nitrogen and oxygen atoms in total. The Bertz CT molecular complexity index is 1830. The van der Waals surface area contributed by atoms with Gasteiger partial charge in [-0.25, -0.2) is 14.7 Å². The quantitative estimate of drug-likeness (QED) is 0.187. The van der Waals surface area contributed by atoms with E-state index in [0.29, 0.717) is 50.1 Å². The van der Waals surface area contributed by atoms with Crippen LogP contribution in [0.2, 0.25) is 0 Å². The van der Waals surface area contributed by atoms with Gasteiger partial charge in [0.2, 0.25) is 5.91 Å². The monoisotopic (exact) mass is 837 g/mol. The van der Waals surface area contributed by atoms with E-state index in [1.54, 1.807) is 37.8 Å². The molecule has 1 saturated carbocycles. The molecule has 13 atom stereocenters. The summed E-state index contributed by atoms with van der Waals surface area (Å²) in [6, 6.07) is 5.32. The normalized spacial score (nSPS) is 37.6. The second kappa shape index (κ2) is 19.9. The number of oxime groups is 1. The van der Waals surface area contributed by atoms with Crippen molar-refractivity contribution in [3.05, 3.63) is 42.4 Å². The van der Waals surface area contributed by atoms with Gasteiger partial charge < -0.3 is 34.2 Å². The molecular formula is C45H68N6O9. The predicted molar refractivity (Wildman–Crippen MR) is 226 cm³/mol. The zero-order valence-electron chi connectivity index (χ0n) is 37.4. The van der Waals surface area contributed by atoms with Crippen LogP contribution in [0.25, 0.3) is 5.82 Å². The first-order valence-electron chi connectivity index (χ1n) is 21.6. The Hall–Kier alpha value is -3.89. The number of fused-ring (bicyclic) bond motifs is 5. The SMILES string of the molecule is CC[C@H]1OC(=O)[C@H](C)C(=O)[C@H](C)[C@@H](O[C@@H]2O[C@H](C)C[C@H](N(C)C)[C@H]2O)[C@]2(C)CC/C(=N/OCc3ccc(-n4cccn4)nc3)CC[C@H]([C@@H](C)C(=NC(C)=O)[C@H](C)C2)[C@]1(C)O. The number of nitrogens with zero attached hydrogens (tertiary/aromatic N) is 6. The number of ether oxygens (including phenoxy) is 3. The number of carbonyl (C=O) groups is 3. The van der Waals surface area contributed by atoms with Crippen LogP contribution in [0.5, 0.6) is 0 Å². The van der Waals surface area contributed by atoms with Gasteiger partial charge in [0.05, 0.1) is 17.9 Å². The van der Waals surface area contributed by atoms with E-state index < -0.39 is 65.3 Å². The molecule has 1 amide bonds. The van der Waals surface area contributed by atoms with E-state index in [0.717, 1.165) is 11.3 Å². The lowest BCUT2D eigenvalue weighted by Crippen LogP contribution is -2.57. The molecule has 2 aromatic heterocycles. The lowest BCUT2D eigenvalue weighted by molar-refractivity contribution is -0.286. The number of carbonyl (C=O) groups excluding carboxylic acids is 3. The molecule has 0 radical (unpaired) electrons. The number of aliphatic hydroxyl groups is 2. The van der Waals surface area contributed by atoms with Crippen molar-refractivity contribution in [2.24, 2.45) is 45.2 Å². The first-order valence-corrected chi connectivity index (χ1v) is 21.6. The summed E-state index contributed by atoms with van der Waals surface area (Å²) in [7, 11) is 3.80. The Balaban J connectivity index is 1.63. The van der Waals surface area contributed by atoms with Gasteiger partial charge in [-0.1, -0.05) is 45.8 Å². The maximum absolute atomic E-state index is 14.6. The van der Waals surface area contributed by atoms with Crippen molar-refractivity contribution in [2.75, 3.05) is 14.1 Å². The van der Waals surface area contributed by atoms with E-state index in [1.165, 1.54) is 6.92 Å². The molecule has 2 aliphatic heterocycles. The molecular weight excluding hydrogens is 769 g/mol. The molecule has 2 saturated heterocycles. The van der Waals surface area contributed by atoms with Gasteiger partial charge in [0, 0.05) is 54.7 Å². The molecule has 332 valence electrons. The number of hydrogen-bond acceptors (Lipinski definition) is 13. The first-order chi connectivity index (χ1) is 28.3. The summed E-state index contributed by atoms with van der Waals surface area (Å²) in [4.78, 5) is 58.6. The molecule has 4 heterocycles. The average Bonchev–Trinajstić information content (AvgIpc) is 3.74. The number of likely N-dealkylation sites (N-methyl/N-ethyl adjacent to an activating group) is 1. The minimum absolute atomic E-state index is 0.155. The van der Waals surface area contributed by atoms with Gasteiger partial charge in [0.1, 0.15) is 30.3 Å². The number of aliphatic imine (C=N–C) groups is 1. The fourth-order valence-corrected chi connectivity index (χ4v) is 9.91. The van der Waals surface area contributed by atoms with E-state index in [4.69, 9.17) is 24.2 Å². The van der Waals surface area contributed by atoms with Crippen molar-refractivity contribution < 1.29 is 43.6 Å². The number of amides is 1. The fourth-order valence-electron chi connectivity index (χ4n) is 9.91. The Kier molecular flexibility index (Phi) is 15.6. The van der Waals surface area contributed by atoms with Crippen molar-refractivity contribution in [2.45, 2.75) is 156 Å². The average molecular weight is 837 g/mol. The molecule has 3 fully saturated rings. The van der Waals surface area contributed by atoms with Crippen molar-refractivity contribution in [3.8, 4) is 5.82 Å². The minimum Gasteiger partial charge on any atom is -0.459 e. The summed E-state index contributed by atoms with van der Waals surface area (Å²) in [5, 5.41) is 33.3. The highest BCUT2D eigenvalue weighted by atomic mass is 16.7. The number of aliphatic hydroxyl groups excluding tert-OH is 1. The number of rotatable bonds is 8. The van der Waals surface area contributed by atoms with Gasteiger partial charge in [-0.15, -0.1) is 0 Å². The number of aromatic nitrogens is 3. The molecule has 15 heteroatoms. The highest BCUT2D eigenvalue weighted by Gasteiger charge is 2.52. The van der Waals surface area contributed by atoms with Crippen LogP contribution >= 0.6 is 0 Å². The topological polar surface area (TPSA) is 187 Å². The van der Waals surface area contributed by atoms with Crippen LogP contribution in [0.15, 0.2) is 46.9 Å². The number of cyclic esters (lactones) is 1. The Morgan fingerprint density at radius 2 is 1.83 bits per heavy atom. The summed E-state index contributed by atoms with van der Waals surface area (Å²) >= 11 is 0. The molecule has 0 aromatic carbocycles. The smallest absolute Gasteiger partial charge is 0.316 e. The van der Waals surface area contributed by atoms with Crippen molar-refractivity contribution in [3.63, 3.8) is 0 Å². The third-order valence-electron chi connectivity index (χ3n) is 13.3. The maximum atomic E-state index is 14.6. The molecule has 0 spiro atoms. The third-order valence-corrected chi connectivity index (χ3v) is 13.3. The van der Waals surface area contributed by atoms with E-state index in [2.05, 4.69) is 22.0 Å². The van der Waals surface area contributed by atoms with Crippen LogP contribution in [0.1, 0.15) is 113 Å². The number of Topliss-reactive ketones (excluding diaryl/α,β-unsaturated/α-hetero) is 1. The summed E-state index contributed by atoms with van der Waals surface area (Å²) in [5.74, 6) is -4.19. The Morgan fingerprint density at radius 1 is 1.10 bits per heavy atom. The Morgan fingerprint density at radius 3 is 2.45 bits per heavy atom. The van der Waals surface area contributed by atoms with E-state index in [1.807, 2.05) is 71.1 Å². The molecule has 2 bridgehead atoms. The predicted octanol–water partition coefficient (Wildman–Crippen LogP) is 5.73. The summed E-state index contributed by atoms with van der Waals surface area (Å²) in [5.41, 5.74) is -0.289. The van der Waals surface area contributed by atoms with Crippen molar-refractivity contribution in [1.29, 1.82) is 0 Å². The molecule has 2 N–H and O–H groups in total. The van der Waals surface area contributed by atoms with Crippen LogP contribution in [0.4, 0.5) is 0 Å². The number of ketones is 1. The number of esters is 1. The molecule has 2 aromatic rings. The second-order valence-electron chi connectivity index (χ2n) is 18.3. The van der Waals surface area contributed by atoms with E-state index >= 15 is 0 Å². The highest BCUT2D eigenvalue weighted by molar-refractivity contribution is 6.00. The van der Waals surface area contributed by atoms with E-state index in [9.17, 15) is 24.6 Å². The summed E-state index contributed by atoms with van der Waals surface area (Å²) in [6.45, 7) is 16.3. The molecule has 1 aliphatic carbocycles. The standard InChI is InChI=1S/C45H68N6O9/c1-12-36-45(9,56)34-16-15-33(49-57-25-32-14-17-37(46-24-32)51-21-13-20-47-51)18-19-44(8,23-26(2)38(28(34)4)48-31(7)52)41(29(5)39(53)30(6)42(55)59-36)60-43-40(54)35(50(10)11)22-27(3)58-43/h13-14,17,20-21,24,26-30,34-36,40-41,43,54,56H,12,15-16,18-19,22-23,25H2,1-11H3/b48-38?,49-33+/t26-,27-,28-,29+,30-,34-,35+,36-,40-,41-,43+,44-,45+/m1/s1. The van der Waals surface area contributed by atoms with Crippen LogP contribution in [0, 0.1) is 35.0 Å². The van der Waals surface area contributed by atoms with Crippen LogP contribution in [-0.4, -0.2) is 115 Å². The van der Waals surface area contributed by atoms with Crippen molar-refractivity contribution >= 4 is 29.1 Å². The molecule has 5 rings (SSSR count). The maximum Gasteiger partial charge on any atom is 0.316 e. The summed E-state index contributed by atoms with van der Waals surface area (Å²) < 4.78 is 21.0. The minimum atomic E-state index is -1.59. The van der Waals surface area contributed by atoms with E-state index in [-0.39, 0.29) is 42.8 Å².